The molecule has 5 nitrogen and oxygen atoms in total. The maximum atomic E-state index is 12.2. The van der Waals surface area contributed by atoms with Crippen LogP contribution in [0.3, 0.4) is 0 Å². The van der Waals surface area contributed by atoms with Crippen LogP contribution < -0.4 is 5.32 Å². The molecule has 0 aromatic heterocycles. The first-order chi connectivity index (χ1) is 8.83. The predicted octanol–water partition coefficient (Wildman–Crippen LogP) is 0.515. The number of nitrogens with one attached hydrogen (secondary N) is 1. The Bertz CT molecular complexity index is 302. The Morgan fingerprint density at radius 3 is 2.40 bits per heavy atom. The maximum absolute atomic E-state index is 12.2. The molecule has 3 rings (SSSR count). The van der Waals surface area contributed by atoms with E-state index < -0.39 is 0 Å². The summed E-state index contributed by atoms with van der Waals surface area (Å²) >= 11 is 0. The third kappa shape index (κ3) is 4.74. The van der Waals surface area contributed by atoms with Crippen molar-refractivity contribution in [3.05, 3.63) is 0 Å². The van der Waals surface area contributed by atoms with Gasteiger partial charge in [0.05, 0.1) is 19.1 Å². The summed E-state index contributed by atoms with van der Waals surface area (Å²) in [6.45, 7) is 6.36. The fourth-order valence-electron chi connectivity index (χ4n) is 2.85. The molecule has 1 N–H and O–H groups in total. The average molecular weight is 326 g/mol. The predicted molar refractivity (Wildman–Crippen MR) is 82.9 cm³/mol. The first kappa shape index (κ1) is 18.0. The van der Waals surface area contributed by atoms with Crippen molar-refractivity contribution in [2.75, 3.05) is 45.9 Å². The van der Waals surface area contributed by atoms with Gasteiger partial charge in [0.15, 0.2) is 0 Å². The second-order valence-electron chi connectivity index (χ2n) is 5.55. The lowest BCUT2D eigenvalue weighted by atomic mass is 10.2. The van der Waals surface area contributed by atoms with E-state index in [0.717, 1.165) is 51.9 Å². The first-order valence-corrected chi connectivity index (χ1v) is 7.17. The van der Waals surface area contributed by atoms with Crippen molar-refractivity contribution in [3.63, 3.8) is 0 Å². The van der Waals surface area contributed by atoms with Gasteiger partial charge >= 0.3 is 0 Å². The Labute approximate surface area is 133 Å². The van der Waals surface area contributed by atoms with Gasteiger partial charge in [-0.1, -0.05) is 0 Å². The van der Waals surface area contributed by atoms with Gasteiger partial charge in [0.1, 0.15) is 0 Å². The lowest BCUT2D eigenvalue weighted by Gasteiger charge is -2.35. The van der Waals surface area contributed by atoms with Crippen molar-refractivity contribution in [1.82, 2.24) is 15.1 Å². The minimum absolute atomic E-state index is 0. The first-order valence-electron chi connectivity index (χ1n) is 7.17. The minimum Gasteiger partial charge on any atom is -0.375 e. The van der Waals surface area contributed by atoms with E-state index in [0.29, 0.717) is 6.42 Å². The summed E-state index contributed by atoms with van der Waals surface area (Å²) in [5, 5.41) is 3.27. The Morgan fingerprint density at radius 2 is 1.85 bits per heavy atom. The average Bonchev–Trinajstić information content (AvgIpc) is 3.24. The minimum atomic E-state index is 0. The topological polar surface area (TPSA) is 44.8 Å². The molecule has 1 unspecified atom stereocenters. The second kappa shape index (κ2) is 8.39. The van der Waals surface area contributed by atoms with E-state index >= 15 is 0 Å². The fraction of sp³-hybridized carbons (Fsp3) is 0.923. The molecule has 2 heterocycles. The molecule has 1 saturated carbocycles. The summed E-state index contributed by atoms with van der Waals surface area (Å²) in [5.41, 5.74) is 0. The molecule has 0 spiro atoms. The van der Waals surface area contributed by atoms with Crippen molar-refractivity contribution in [1.29, 1.82) is 0 Å². The summed E-state index contributed by atoms with van der Waals surface area (Å²) in [5.74, 6) is 0.263. The summed E-state index contributed by atoms with van der Waals surface area (Å²) in [7, 11) is 0. The van der Waals surface area contributed by atoms with E-state index in [9.17, 15) is 4.79 Å². The highest BCUT2D eigenvalue weighted by atomic mass is 35.5. The van der Waals surface area contributed by atoms with Crippen LogP contribution in [-0.2, 0) is 9.53 Å². The van der Waals surface area contributed by atoms with Crippen molar-refractivity contribution in [3.8, 4) is 0 Å². The lowest BCUT2D eigenvalue weighted by Crippen LogP contribution is -2.50. The van der Waals surface area contributed by atoms with Gasteiger partial charge in [-0.25, -0.2) is 0 Å². The molecule has 0 bridgehead atoms. The number of halogens is 2. The molecule has 118 valence electrons. The van der Waals surface area contributed by atoms with E-state index in [4.69, 9.17) is 4.74 Å². The van der Waals surface area contributed by atoms with E-state index in [1.54, 1.807) is 0 Å². The number of hydrogen-bond acceptors (Lipinski definition) is 4. The lowest BCUT2D eigenvalue weighted by molar-refractivity contribution is -0.136. The van der Waals surface area contributed by atoms with Gasteiger partial charge in [-0.2, -0.15) is 0 Å². The number of carbonyl (C=O) groups is 1. The third-order valence-corrected chi connectivity index (χ3v) is 4.14. The Kier molecular flexibility index (Phi) is 7.54. The number of nitrogens with zero attached hydrogens (tertiary/aromatic N) is 2. The number of carbonyl (C=O) groups excluding carboxylic acids is 1. The van der Waals surface area contributed by atoms with Crippen LogP contribution in [-0.4, -0.2) is 73.7 Å². The van der Waals surface area contributed by atoms with Crippen LogP contribution in [0.25, 0.3) is 0 Å². The van der Waals surface area contributed by atoms with Crippen molar-refractivity contribution >= 4 is 30.7 Å². The smallest absolute Gasteiger partial charge is 0.225 e. The molecule has 20 heavy (non-hydrogen) atoms. The third-order valence-electron chi connectivity index (χ3n) is 4.14. The molecule has 1 aliphatic carbocycles. The zero-order valence-corrected chi connectivity index (χ0v) is 13.4. The van der Waals surface area contributed by atoms with E-state index in [1.165, 1.54) is 12.8 Å². The zero-order chi connectivity index (χ0) is 12.4. The molecule has 7 heteroatoms. The Hall–Kier alpha value is -0.0700. The van der Waals surface area contributed by atoms with Crippen LogP contribution in [0, 0.1) is 0 Å². The maximum Gasteiger partial charge on any atom is 0.225 e. The normalized spacial score (nSPS) is 27.4. The van der Waals surface area contributed by atoms with Crippen LogP contribution in [0.2, 0.25) is 0 Å². The van der Waals surface area contributed by atoms with Gasteiger partial charge in [-0.05, 0) is 12.8 Å². The van der Waals surface area contributed by atoms with Gasteiger partial charge in [0.25, 0.3) is 0 Å². The van der Waals surface area contributed by atoms with Gasteiger partial charge < -0.3 is 15.0 Å². The molecule has 1 atom stereocenters. The van der Waals surface area contributed by atoms with Crippen LogP contribution in [0.5, 0.6) is 0 Å². The molecule has 0 aromatic carbocycles. The Morgan fingerprint density at radius 1 is 1.15 bits per heavy atom. The molecule has 3 fully saturated rings. The van der Waals surface area contributed by atoms with Crippen LogP contribution in [0.4, 0.5) is 0 Å². The highest BCUT2D eigenvalue weighted by molar-refractivity contribution is 5.85. The molecule has 1 amide bonds. The fourth-order valence-corrected chi connectivity index (χ4v) is 2.85. The monoisotopic (exact) mass is 325 g/mol. The van der Waals surface area contributed by atoms with Crippen molar-refractivity contribution < 1.29 is 9.53 Å². The van der Waals surface area contributed by atoms with E-state index in [1.807, 2.05) is 4.90 Å². The highest BCUT2D eigenvalue weighted by Crippen LogP contribution is 2.27. The number of morpholine rings is 1. The van der Waals surface area contributed by atoms with Gasteiger partial charge in [-0.15, -0.1) is 24.8 Å². The zero-order valence-electron chi connectivity index (χ0n) is 11.8. The van der Waals surface area contributed by atoms with Crippen LogP contribution >= 0.6 is 24.8 Å². The van der Waals surface area contributed by atoms with Gasteiger partial charge in [0.2, 0.25) is 5.91 Å². The molecule has 3 aliphatic rings. The summed E-state index contributed by atoms with van der Waals surface area (Å²) in [6, 6.07) is 0.827. The highest BCUT2D eigenvalue weighted by Gasteiger charge is 2.32. The SMILES string of the molecule is Cl.Cl.O=C(CC1CNCCO1)N1CCN(C2CC2)CC1. The number of ether oxygens (including phenoxy) is 1. The number of rotatable bonds is 3. The molecule has 0 aromatic rings. The summed E-state index contributed by atoms with van der Waals surface area (Å²) < 4.78 is 5.59. The number of piperazine rings is 1. The molecule has 2 saturated heterocycles. The Balaban J connectivity index is 0.000001000. The van der Waals surface area contributed by atoms with Gasteiger partial charge in [0, 0.05) is 45.3 Å². The van der Waals surface area contributed by atoms with Crippen LogP contribution in [0.15, 0.2) is 0 Å². The molecule has 0 radical (unpaired) electrons. The number of hydrogen-bond donors (Lipinski definition) is 1. The largest absolute Gasteiger partial charge is 0.375 e. The van der Waals surface area contributed by atoms with Crippen LogP contribution in [0.1, 0.15) is 19.3 Å². The molecular formula is C13H25Cl2N3O2. The van der Waals surface area contributed by atoms with E-state index in [2.05, 4.69) is 10.2 Å². The standard InChI is InChI=1S/C13H23N3O2.2ClH/c17-13(9-12-10-14-3-8-18-12)16-6-4-15(5-7-16)11-1-2-11;;/h11-12,14H,1-10H2;2*1H. The van der Waals surface area contributed by atoms with Crippen molar-refractivity contribution in [2.45, 2.75) is 31.4 Å². The van der Waals surface area contributed by atoms with E-state index in [-0.39, 0.29) is 36.8 Å². The second-order valence-corrected chi connectivity index (χ2v) is 5.55. The van der Waals surface area contributed by atoms with Crippen molar-refractivity contribution in [2.24, 2.45) is 0 Å². The number of amides is 1. The quantitative estimate of drug-likeness (QED) is 0.821. The molecular weight excluding hydrogens is 301 g/mol. The molecule has 2 aliphatic heterocycles. The van der Waals surface area contributed by atoms with Gasteiger partial charge in [-0.3, -0.25) is 9.69 Å². The summed E-state index contributed by atoms with van der Waals surface area (Å²) in [4.78, 5) is 16.7. The summed E-state index contributed by atoms with van der Waals surface area (Å²) in [6.07, 6.45) is 3.33.